The molecule has 2 aliphatic rings. The summed E-state index contributed by atoms with van der Waals surface area (Å²) < 4.78 is 26.7. The zero-order valence-electron chi connectivity index (χ0n) is 16.9. The van der Waals surface area contributed by atoms with E-state index in [4.69, 9.17) is 0 Å². The Morgan fingerprint density at radius 2 is 1.72 bits per heavy atom. The smallest absolute Gasteiger partial charge is 0.261 e. The molecule has 0 aromatic heterocycles. The monoisotopic (exact) mass is 421 g/mol. The molecule has 0 spiro atoms. The summed E-state index contributed by atoms with van der Waals surface area (Å²) in [6.07, 6.45) is 2.38. The normalized spacial score (nSPS) is 22.1. The lowest BCUT2D eigenvalue weighted by Gasteiger charge is -2.28. The molecule has 2 N–H and O–H groups in total. The van der Waals surface area contributed by atoms with E-state index in [1.54, 1.807) is 39.0 Å². The van der Waals surface area contributed by atoms with Crippen molar-refractivity contribution in [2.75, 3.05) is 11.9 Å². The van der Waals surface area contributed by atoms with E-state index in [2.05, 4.69) is 10.0 Å². The van der Waals surface area contributed by atoms with Crippen LogP contribution in [0, 0.1) is 5.92 Å². The van der Waals surface area contributed by atoms with Gasteiger partial charge in [0.05, 0.1) is 16.4 Å². The molecule has 0 bridgehead atoms. The van der Waals surface area contributed by atoms with Crippen molar-refractivity contribution in [3.63, 3.8) is 0 Å². The molecule has 0 radical (unpaired) electrons. The lowest BCUT2D eigenvalue weighted by atomic mass is 9.86. The molecule has 3 rings (SSSR count). The van der Waals surface area contributed by atoms with Gasteiger partial charge in [0.25, 0.3) is 11.8 Å². The van der Waals surface area contributed by atoms with E-state index in [1.165, 1.54) is 4.90 Å². The van der Waals surface area contributed by atoms with Crippen LogP contribution in [0.15, 0.2) is 18.2 Å². The van der Waals surface area contributed by atoms with Crippen molar-refractivity contribution in [2.24, 2.45) is 5.92 Å². The highest BCUT2D eigenvalue weighted by atomic mass is 32.2. The van der Waals surface area contributed by atoms with Crippen LogP contribution in [-0.4, -0.2) is 48.9 Å². The molecule has 158 valence electrons. The molecule has 8 nitrogen and oxygen atoms in total. The van der Waals surface area contributed by atoms with E-state index in [0.717, 1.165) is 0 Å². The fraction of sp³-hybridized carbons (Fsp3) is 0.550. The molecule has 1 aromatic carbocycles. The van der Waals surface area contributed by atoms with Crippen molar-refractivity contribution >= 4 is 33.4 Å². The minimum absolute atomic E-state index is 0.143. The SMILES string of the molecule is CCN1C(=O)c2ccc(NC(=O)C3CCC(NS(=O)(=O)C(C)C)CC3)cc2C1=O. The summed E-state index contributed by atoms with van der Waals surface area (Å²) in [4.78, 5) is 38.3. The highest BCUT2D eigenvalue weighted by Gasteiger charge is 2.35. The second-order valence-corrected chi connectivity index (χ2v) is 10.1. The number of hydrogen-bond acceptors (Lipinski definition) is 5. The average Bonchev–Trinajstić information content (AvgIpc) is 2.91. The summed E-state index contributed by atoms with van der Waals surface area (Å²) in [5.74, 6) is -1.03. The molecule has 9 heteroatoms. The summed E-state index contributed by atoms with van der Waals surface area (Å²) >= 11 is 0. The number of imide groups is 1. The lowest BCUT2D eigenvalue weighted by molar-refractivity contribution is -0.120. The Morgan fingerprint density at radius 1 is 1.10 bits per heavy atom. The van der Waals surface area contributed by atoms with Gasteiger partial charge in [-0.05, 0) is 64.7 Å². The van der Waals surface area contributed by atoms with Crippen molar-refractivity contribution in [1.82, 2.24) is 9.62 Å². The van der Waals surface area contributed by atoms with Crippen LogP contribution in [0.25, 0.3) is 0 Å². The van der Waals surface area contributed by atoms with Crippen LogP contribution < -0.4 is 10.0 Å². The quantitative estimate of drug-likeness (QED) is 0.683. The largest absolute Gasteiger partial charge is 0.326 e. The summed E-state index contributed by atoms with van der Waals surface area (Å²) in [6.45, 7) is 5.31. The molecule has 1 heterocycles. The maximum absolute atomic E-state index is 12.6. The van der Waals surface area contributed by atoms with Crippen LogP contribution in [0.4, 0.5) is 5.69 Å². The standard InChI is InChI=1S/C20H27N3O5S/c1-4-23-19(25)16-10-9-15(11-17(16)20(23)26)21-18(24)13-5-7-14(8-6-13)22-29(27,28)12(2)3/h9-14,22H,4-8H2,1-3H3,(H,21,24). The van der Waals surface area contributed by atoms with Crippen molar-refractivity contribution in [3.8, 4) is 0 Å². The second-order valence-electron chi connectivity index (χ2n) is 7.86. The van der Waals surface area contributed by atoms with Crippen molar-refractivity contribution in [1.29, 1.82) is 0 Å². The van der Waals surface area contributed by atoms with Crippen LogP contribution in [0.1, 0.15) is 67.2 Å². The number of nitrogens with one attached hydrogen (secondary N) is 2. The van der Waals surface area contributed by atoms with Gasteiger partial charge in [0.1, 0.15) is 0 Å². The van der Waals surface area contributed by atoms with Gasteiger partial charge in [-0.25, -0.2) is 13.1 Å². The number of amides is 3. The third-order valence-electron chi connectivity index (χ3n) is 5.60. The number of anilines is 1. The summed E-state index contributed by atoms with van der Waals surface area (Å²) in [6, 6.07) is 4.60. The summed E-state index contributed by atoms with van der Waals surface area (Å²) in [7, 11) is -3.32. The van der Waals surface area contributed by atoms with Crippen molar-refractivity contribution in [2.45, 2.75) is 57.7 Å². The van der Waals surface area contributed by atoms with Crippen LogP contribution in [0.5, 0.6) is 0 Å². The Morgan fingerprint density at radius 3 is 2.31 bits per heavy atom. The number of carbonyl (C=O) groups excluding carboxylic acids is 3. The fourth-order valence-electron chi connectivity index (χ4n) is 3.74. The van der Waals surface area contributed by atoms with Gasteiger partial charge >= 0.3 is 0 Å². The van der Waals surface area contributed by atoms with Gasteiger partial charge in [0, 0.05) is 24.2 Å². The maximum atomic E-state index is 12.6. The Kier molecular flexibility index (Phi) is 6.09. The summed E-state index contributed by atoms with van der Waals surface area (Å²) in [5.41, 5.74) is 1.14. The minimum atomic E-state index is -3.32. The second kappa shape index (κ2) is 8.23. The van der Waals surface area contributed by atoms with E-state index >= 15 is 0 Å². The van der Waals surface area contributed by atoms with E-state index in [-0.39, 0.29) is 29.7 Å². The molecule has 3 amide bonds. The van der Waals surface area contributed by atoms with Crippen molar-refractivity contribution < 1.29 is 22.8 Å². The van der Waals surface area contributed by atoms with Gasteiger partial charge in [-0.15, -0.1) is 0 Å². The van der Waals surface area contributed by atoms with Crippen LogP contribution in [-0.2, 0) is 14.8 Å². The Hall–Kier alpha value is -2.26. The molecular formula is C20H27N3O5S. The molecule has 0 unspecified atom stereocenters. The van der Waals surface area contributed by atoms with E-state index in [9.17, 15) is 22.8 Å². The number of nitrogens with zero attached hydrogens (tertiary/aromatic N) is 1. The van der Waals surface area contributed by atoms with Crippen LogP contribution in [0.3, 0.4) is 0 Å². The number of rotatable bonds is 6. The molecule has 1 aliphatic heterocycles. The Bertz CT molecular complexity index is 933. The lowest BCUT2D eigenvalue weighted by Crippen LogP contribution is -2.42. The third-order valence-corrected chi connectivity index (χ3v) is 7.51. The predicted molar refractivity (Wildman–Crippen MR) is 109 cm³/mol. The maximum Gasteiger partial charge on any atom is 0.261 e. The predicted octanol–water partition coefficient (Wildman–Crippen LogP) is 2.13. The van der Waals surface area contributed by atoms with Crippen molar-refractivity contribution in [3.05, 3.63) is 29.3 Å². The number of benzene rings is 1. The Labute approximate surface area is 171 Å². The molecule has 29 heavy (non-hydrogen) atoms. The number of carbonyl (C=O) groups is 3. The minimum Gasteiger partial charge on any atom is -0.326 e. The zero-order valence-corrected chi connectivity index (χ0v) is 17.7. The highest BCUT2D eigenvalue weighted by Crippen LogP contribution is 2.28. The molecule has 1 saturated carbocycles. The average molecular weight is 422 g/mol. The summed E-state index contributed by atoms with van der Waals surface area (Å²) in [5, 5.41) is 2.35. The van der Waals surface area contributed by atoms with Gasteiger partial charge in [-0.2, -0.15) is 0 Å². The molecule has 0 atom stereocenters. The Balaban J connectivity index is 1.60. The van der Waals surface area contributed by atoms with E-state index in [1.807, 2.05) is 0 Å². The van der Waals surface area contributed by atoms with E-state index in [0.29, 0.717) is 49.0 Å². The first kappa shape index (κ1) is 21.4. The molecule has 1 aliphatic carbocycles. The van der Waals surface area contributed by atoms with Crippen LogP contribution >= 0.6 is 0 Å². The van der Waals surface area contributed by atoms with Gasteiger partial charge in [0.15, 0.2) is 0 Å². The topological polar surface area (TPSA) is 113 Å². The fourth-order valence-corrected chi connectivity index (χ4v) is 4.71. The van der Waals surface area contributed by atoms with Gasteiger partial charge in [-0.1, -0.05) is 0 Å². The van der Waals surface area contributed by atoms with Gasteiger partial charge < -0.3 is 5.32 Å². The number of fused-ring (bicyclic) bond motifs is 1. The zero-order chi connectivity index (χ0) is 21.3. The first-order valence-electron chi connectivity index (χ1n) is 9.96. The van der Waals surface area contributed by atoms with Gasteiger partial charge in [-0.3, -0.25) is 19.3 Å². The first-order valence-corrected chi connectivity index (χ1v) is 11.5. The number of sulfonamides is 1. The highest BCUT2D eigenvalue weighted by molar-refractivity contribution is 7.90. The molecule has 1 fully saturated rings. The third kappa shape index (κ3) is 4.35. The first-order chi connectivity index (χ1) is 13.6. The number of hydrogen-bond donors (Lipinski definition) is 2. The van der Waals surface area contributed by atoms with Gasteiger partial charge in [0.2, 0.25) is 15.9 Å². The molecular weight excluding hydrogens is 394 g/mol. The molecule has 0 saturated heterocycles. The molecule has 1 aromatic rings. The van der Waals surface area contributed by atoms with Crippen LogP contribution in [0.2, 0.25) is 0 Å². The van der Waals surface area contributed by atoms with E-state index < -0.39 is 15.3 Å².